The highest BCUT2D eigenvalue weighted by molar-refractivity contribution is 6.55. The second-order valence-corrected chi connectivity index (χ2v) is 6.38. The van der Waals surface area contributed by atoms with Gasteiger partial charge < -0.3 is 14.6 Å². The van der Waals surface area contributed by atoms with E-state index in [-0.39, 0.29) is 0 Å². The molecule has 0 radical (unpaired) electrons. The van der Waals surface area contributed by atoms with E-state index in [0.29, 0.717) is 12.1 Å². The van der Waals surface area contributed by atoms with E-state index >= 15 is 0 Å². The number of halogens is 2. The quantitative estimate of drug-likeness (QED) is 0.686. The lowest BCUT2D eigenvalue weighted by Crippen LogP contribution is -2.41. The van der Waals surface area contributed by atoms with Crippen LogP contribution in [0.5, 0.6) is 0 Å². The molecule has 0 bridgehead atoms. The molecule has 120 valence electrons. The smallest absolute Gasteiger partial charge is 0.400 e. The summed E-state index contributed by atoms with van der Waals surface area (Å²) in [7, 11) is 1.24. The first-order chi connectivity index (χ1) is 10.2. The minimum Gasteiger partial charge on any atom is -0.400 e. The van der Waals surface area contributed by atoms with Gasteiger partial charge in [-0.1, -0.05) is 6.08 Å². The van der Waals surface area contributed by atoms with Crippen molar-refractivity contribution in [1.29, 1.82) is 0 Å². The van der Waals surface area contributed by atoms with Gasteiger partial charge in [-0.2, -0.15) is 4.39 Å². The molecule has 1 aliphatic heterocycles. The van der Waals surface area contributed by atoms with E-state index in [0.717, 1.165) is 11.5 Å². The Labute approximate surface area is 130 Å². The first-order valence-corrected chi connectivity index (χ1v) is 7.18. The standard InChI is InChI=1S/C15H21BF2N2O2/c1-14(2)15(3,4)22-16(21-14)11(9-19-5)6-10-7-12(17)13(18)20-8-10/h6-8,19H,9H2,1-5H3. The van der Waals surface area contributed by atoms with Gasteiger partial charge in [0.2, 0.25) is 5.95 Å². The third-order valence-corrected chi connectivity index (χ3v) is 4.11. The number of nitrogens with zero attached hydrogens (tertiary/aromatic N) is 1. The molecule has 0 aromatic carbocycles. The van der Waals surface area contributed by atoms with Crippen LogP contribution >= 0.6 is 0 Å². The van der Waals surface area contributed by atoms with Gasteiger partial charge in [-0.15, -0.1) is 0 Å². The Balaban J connectivity index is 2.31. The third kappa shape index (κ3) is 3.37. The maximum Gasteiger partial charge on any atom is 0.491 e. The average molecular weight is 310 g/mol. The SMILES string of the molecule is CNCC(=Cc1cnc(F)c(F)c1)B1OC(C)(C)C(C)(C)O1. The Morgan fingerprint density at radius 3 is 2.36 bits per heavy atom. The molecule has 2 heterocycles. The molecule has 0 aliphatic carbocycles. The fourth-order valence-electron chi connectivity index (χ4n) is 2.13. The summed E-state index contributed by atoms with van der Waals surface area (Å²) in [6.45, 7) is 8.34. The lowest BCUT2D eigenvalue weighted by Gasteiger charge is -2.32. The summed E-state index contributed by atoms with van der Waals surface area (Å²) in [6, 6.07) is 1.10. The number of pyridine rings is 1. The maximum atomic E-state index is 13.3. The zero-order valence-electron chi connectivity index (χ0n) is 13.5. The number of nitrogens with one attached hydrogen (secondary N) is 1. The van der Waals surface area contributed by atoms with Gasteiger partial charge in [0.1, 0.15) is 0 Å². The van der Waals surface area contributed by atoms with Gasteiger partial charge in [0, 0.05) is 12.7 Å². The van der Waals surface area contributed by atoms with Gasteiger partial charge in [0.15, 0.2) is 5.82 Å². The topological polar surface area (TPSA) is 43.4 Å². The van der Waals surface area contributed by atoms with Crippen LogP contribution in [0.4, 0.5) is 8.78 Å². The van der Waals surface area contributed by atoms with E-state index in [9.17, 15) is 8.78 Å². The fraction of sp³-hybridized carbons (Fsp3) is 0.533. The normalized spacial score (nSPS) is 20.5. The first kappa shape index (κ1) is 17.1. The Morgan fingerprint density at radius 2 is 1.86 bits per heavy atom. The molecule has 2 rings (SSSR count). The van der Waals surface area contributed by atoms with E-state index in [1.54, 1.807) is 13.1 Å². The van der Waals surface area contributed by atoms with Crippen molar-refractivity contribution in [2.75, 3.05) is 13.6 Å². The van der Waals surface area contributed by atoms with Crippen LogP contribution in [0, 0.1) is 11.8 Å². The Bertz CT molecular complexity index is 575. The van der Waals surface area contributed by atoms with E-state index < -0.39 is 30.1 Å². The van der Waals surface area contributed by atoms with Gasteiger partial charge in [0.05, 0.1) is 11.2 Å². The van der Waals surface area contributed by atoms with Gasteiger partial charge in [0.25, 0.3) is 0 Å². The van der Waals surface area contributed by atoms with Crippen LogP contribution in [0.25, 0.3) is 6.08 Å². The van der Waals surface area contributed by atoms with E-state index in [1.165, 1.54) is 6.20 Å². The highest BCUT2D eigenvalue weighted by Gasteiger charge is 2.52. The molecule has 0 unspecified atom stereocenters. The van der Waals surface area contributed by atoms with Gasteiger partial charge in [-0.3, -0.25) is 0 Å². The predicted octanol–water partition coefficient (Wildman–Crippen LogP) is 2.59. The summed E-state index contributed by atoms with van der Waals surface area (Å²) in [5.74, 6) is -2.09. The molecule has 22 heavy (non-hydrogen) atoms. The largest absolute Gasteiger partial charge is 0.491 e. The number of likely N-dealkylation sites (N-methyl/N-ethyl adjacent to an activating group) is 1. The molecule has 1 N–H and O–H groups in total. The van der Waals surface area contributed by atoms with Crippen molar-refractivity contribution in [3.05, 3.63) is 35.1 Å². The van der Waals surface area contributed by atoms with Crippen LogP contribution in [-0.2, 0) is 9.31 Å². The molecule has 0 saturated carbocycles. The summed E-state index contributed by atoms with van der Waals surface area (Å²) < 4.78 is 38.2. The number of aromatic nitrogens is 1. The van der Waals surface area contributed by atoms with E-state index in [4.69, 9.17) is 9.31 Å². The molecule has 1 aliphatic rings. The Morgan fingerprint density at radius 1 is 1.27 bits per heavy atom. The van der Waals surface area contributed by atoms with Crippen molar-refractivity contribution < 1.29 is 18.1 Å². The van der Waals surface area contributed by atoms with Crippen LogP contribution in [0.1, 0.15) is 33.3 Å². The second kappa shape index (κ2) is 6.06. The van der Waals surface area contributed by atoms with Crippen molar-refractivity contribution in [1.82, 2.24) is 10.3 Å². The average Bonchev–Trinajstić information content (AvgIpc) is 2.62. The molecule has 1 aromatic rings. The predicted molar refractivity (Wildman–Crippen MR) is 82.1 cm³/mol. The molecule has 1 fully saturated rings. The van der Waals surface area contributed by atoms with Gasteiger partial charge in [-0.05, 0) is 51.8 Å². The Hall–Kier alpha value is -1.31. The summed E-state index contributed by atoms with van der Waals surface area (Å²) in [6.07, 6.45) is 2.98. The van der Waals surface area contributed by atoms with Crippen LogP contribution in [0.15, 0.2) is 17.7 Å². The molecule has 4 nitrogen and oxygen atoms in total. The van der Waals surface area contributed by atoms with Crippen LogP contribution in [0.2, 0.25) is 0 Å². The summed E-state index contributed by atoms with van der Waals surface area (Å²) in [5, 5.41) is 3.03. The molecule has 0 atom stereocenters. The highest BCUT2D eigenvalue weighted by atomic mass is 19.2. The maximum absolute atomic E-state index is 13.3. The van der Waals surface area contributed by atoms with Crippen LogP contribution in [-0.4, -0.2) is 36.9 Å². The fourth-order valence-corrected chi connectivity index (χ4v) is 2.13. The van der Waals surface area contributed by atoms with Gasteiger partial charge in [-0.25, -0.2) is 9.37 Å². The van der Waals surface area contributed by atoms with Crippen molar-refractivity contribution in [3.63, 3.8) is 0 Å². The molecule has 1 saturated heterocycles. The highest BCUT2D eigenvalue weighted by Crippen LogP contribution is 2.38. The lowest BCUT2D eigenvalue weighted by molar-refractivity contribution is 0.00578. The molecule has 7 heteroatoms. The first-order valence-electron chi connectivity index (χ1n) is 7.18. The number of hydrogen-bond donors (Lipinski definition) is 1. The summed E-state index contributed by atoms with van der Waals surface area (Å²) in [5.41, 5.74) is 0.320. The zero-order chi connectivity index (χ0) is 16.5. The molecular weight excluding hydrogens is 289 g/mol. The van der Waals surface area contributed by atoms with Crippen molar-refractivity contribution in [3.8, 4) is 0 Å². The molecule has 1 aromatic heterocycles. The molecule has 0 amide bonds. The number of hydrogen-bond acceptors (Lipinski definition) is 4. The minimum absolute atomic E-state index is 0.457. The summed E-state index contributed by atoms with van der Waals surface area (Å²) in [4.78, 5) is 3.39. The van der Waals surface area contributed by atoms with Crippen molar-refractivity contribution >= 4 is 13.2 Å². The Kier molecular flexibility index (Phi) is 4.70. The number of rotatable bonds is 4. The van der Waals surface area contributed by atoms with Crippen LogP contribution in [0.3, 0.4) is 0 Å². The molecule has 0 spiro atoms. The molecular formula is C15H21BF2N2O2. The minimum atomic E-state index is -1.11. The van der Waals surface area contributed by atoms with Crippen molar-refractivity contribution in [2.45, 2.75) is 38.9 Å². The van der Waals surface area contributed by atoms with E-state index in [1.807, 2.05) is 27.7 Å². The monoisotopic (exact) mass is 310 g/mol. The van der Waals surface area contributed by atoms with Crippen LogP contribution < -0.4 is 5.32 Å². The second-order valence-electron chi connectivity index (χ2n) is 6.38. The van der Waals surface area contributed by atoms with Gasteiger partial charge >= 0.3 is 7.12 Å². The van der Waals surface area contributed by atoms with E-state index in [2.05, 4.69) is 10.3 Å². The van der Waals surface area contributed by atoms with Crippen molar-refractivity contribution in [2.24, 2.45) is 0 Å². The lowest BCUT2D eigenvalue weighted by atomic mass is 9.77. The zero-order valence-corrected chi connectivity index (χ0v) is 13.5. The third-order valence-electron chi connectivity index (χ3n) is 4.11. The summed E-state index contributed by atoms with van der Waals surface area (Å²) >= 11 is 0.